The molecular weight excluding hydrogens is 233 g/mol. The zero-order valence-corrected chi connectivity index (χ0v) is 9.27. The predicted octanol–water partition coefficient (Wildman–Crippen LogP) is 2.30. The monoisotopic (exact) mass is 246 g/mol. The van der Waals surface area contributed by atoms with Crippen LogP contribution in [-0.4, -0.2) is 12.5 Å². The van der Waals surface area contributed by atoms with Gasteiger partial charge in [0, 0.05) is 18.7 Å². The average molecular weight is 246 g/mol. The van der Waals surface area contributed by atoms with Crippen LogP contribution in [0.25, 0.3) is 0 Å². The highest BCUT2D eigenvalue weighted by molar-refractivity contribution is 5.91. The number of hydrogen-bond donors (Lipinski definition) is 2. The Balaban J connectivity index is 2.95. The number of nitrogens with one attached hydrogen (secondary N) is 1. The summed E-state index contributed by atoms with van der Waals surface area (Å²) in [4.78, 5) is 11.3. The molecule has 0 aliphatic carbocycles. The number of benzene rings is 1. The number of halogens is 3. The van der Waals surface area contributed by atoms with Crippen LogP contribution in [-0.2, 0) is 11.0 Å². The van der Waals surface area contributed by atoms with Crippen molar-refractivity contribution >= 4 is 11.6 Å². The first-order valence-corrected chi connectivity index (χ1v) is 5.02. The van der Waals surface area contributed by atoms with E-state index in [2.05, 4.69) is 5.32 Å². The topological polar surface area (TPSA) is 55.1 Å². The number of carbonyl (C=O) groups is 1. The number of alkyl halides is 3. The third kappa shape index (κ3) is 3.74. The molecule has 0 aliphatic heterocycles. The van der Waals surface area contributed by atoms with E-state index in [1.54, 1.807) is 6.92 Å². The van der Waals surface area contributed by atoms with E-state index in [1.807, 2.05) is 0 Å². The standard InChI is InChI=1S/C11H13F3N2O/c1-7-2-3-8(11(12,13)14)6-9(7)16-10(17)4-5-15/h2-3,6H,4-5,15H2,1H3,(H,16,17). The fourth-order valence-corrected chi connectivity index (χ4v) is 1.28. The Morgan fingerprint density at radius 3 is 2.59 bits per heavy atom. The molecule has 0 atom stereocenters. The number of rotatable bonds is 3. The third-order valence-corrected chi connectivity index (χ3v) is 2.21. The van der Waals surface area contributed by atoms with Crippen LogP contribution in [0, 0.1) is 6.92 Å². The van der Waals surface area contributed by atoms with Crippen LogP contribution in [0.4, 0.5) is 18.9 Å². The molecule has 0 unspecified atom stereocenters. The third-order valence-electron chi connectivity index (χ3n) is 2.21. The molecule has 3 nitrogen and oxygen atoms in total. The first-order chi connectivity index (χ1) is 7.84. The van der Waals surface area contributed by atoms with Crippen molar-refractivity contribution in [1.82, 2.24) is 0 Å². The molecule has 0 bridgehead atoms. The van der Waals surface area contributed by atoms with Crippen LogP contribution in [0.15, 0.2) is 18.2 Å². The Bertz CT molecular complexity index is 416. The highest BCUT2D eigenvalue weighted by atomic mass is 19.4. The lowest BCUT2D eigenvalue weighted by atomic mass is 10.1. The highest BCUT2D eigenvalue weighted by Crippen LogP contribution is 2.31. The molecule has 0 fully saturated rings. The van der Waals surface area contributed by atoms with Crippen molar-refractivity contribution in [3.63, 3.8) is 0 Å². The van der Waals surface area contributed by atoms with Crippen LogP contribution < -0.4 is 11.1 Å². The van der Waals surface area contributed by atoms with E-state index in [-0.39, 0.29) is 18.7 Å². The minimum absolute atomic E-state index is 0.0791. The molecule has 0 aromatic heterocycles. The van der Waals surface area contributed by atoms with Gasteiger partial charge in [0.15, 0.2) is 0 Å². The van der Waals surface area contributed by atoms with Gasteiger partial charge in [-0.1, -0.05) is 6.07 Å². The molecule has 0 spiro atoms. The van der Waals surface area contributed by atoms with Crippen molar-refractivity contribution in [1.29, 1.82) is 0 Å². The van der Waals surface area contributed by atoms with E-state index in [4.69, 9.17) is 5.73 Å². The Labute approximate surface area is 96.8 Å². The van der Waals surface area contributed by atoms with E-state index in [0.717, 1.165) is 12.1 Å². The maximum Gasteiger partial charge on any atom is 0.416 e. The highest BCUT2D eigenvalue weighted by Gasteiger charge is 2.30. The molecule has 17 heavy (non-hydrogen) atoms. The molecule has 0 saturated carbocycles. The molecular formula is C11H13F3N2O. The number of carbonyl (C=O) groups excluding carboxylic acids is 1. The summed E-state index contributed by atoms with van der Waals surface area (Å²) in [5, 5.41) is 2.40. The van der Waals surface area contributed by atoms with Crippen molar-refractivity contribution in [3.8, 4) is 0 Å². The summed E-state index contributed by atoms with van der Waals surface area (Å²) in [6.07, 6.45) is -4.34. The number of nitrogens with two attached hydrogens (primary N) is 1. The summed E-state index contributed by atoms with van der Waals surface area (Å²) in [5.41, 5.74) is 5.13. The minimum atomic E-state index is -4.42. The molecule has 0 heterocycles. The van der Waals surface area contributed by atoms with E-state index in [0.29, 0.717) is 5.56 Å². The fraction of sp³-hybridized carbons (Fsp3) is 0.364. The van der Waals surface area contributed by atoms with Crippen molar-refractivity contribution in [2.75, 3.05) is 11.9 Å². The molecule has 94 valence electrons. The van der Waals surface area contributed by atoms with Gasteiger partial charge in [0.25, 0.3) is 0 Å². The summed E-state index contributed by atoms with van der Waals surface area (Å²) in [6, 6.07) is 3.22. The van der Waals surface area contributed by atoms with E-state index in [1.165, 1.54) is 6.07 Å². The Morgan fingerprint density at radius 1 is 1.41 bits per heavy atom. The van der Waals surface area contributed by atoms with Gasteiger partial charge < -0.3 is 11.1 Å². The lowest BCUT2D eigenvalue weighted by Crippen LogP contribution is -2.17. The Morgan fingerprint density at radius 2 is 2.06 bits per heavy atom. The van der Waals surface area contributed by atoms with Gasteiger partial charge >= 0.3 is 6.18 Å². The van der Waals surface area contributed by atoms with Gasteiger partial charge in [0.05, 0.1) is 5.56 Å². The molecule has 6 heteroatoms. The quantitative estimate of drug-likeness (QED) is 0.859. The molecule has 1 aromatic rings. The second kappa shape index (κ2) is 5.18. The van der Waals surface area contributed by atoms with Gasteiger partial charge in [-0.2, -0.15) is 13.2 Å². The second-order valence-electron chi connectivity index (χ2n) is 3.61. The zero-order chi connectivity index (χ0) is 13.1. The molecule has 1 rings (SSSR count). The normalized spacial score (nSPS) is 11.4. The first-order valence-electron chi connectivity index (χ1n) is 5.02. The maximum absolute atomic E-state index is 12.5. The van der Waals surface area contributed by atoms with Gasteiger partial charge in [-0.3, -0.25) is 4.79 Å². The van der Waals surface area contributed by atoms with Crippen molar-refractivity contribution in [3.05, 3.63) is 29.3 Å². The number of aryl methyl sites for hydroxylation is 1. The van der Waals surface area contributed by atoms with Gasteiger partial charge in [0.1, 0.15) is 0 Å². The van der Waals surface area contributed by atoms with Gasteiger partial charge in [-0.15, -0.1) is 0 Å². The molecule has 0 aliphatic rings. The van der Waals surface area contributed by atoms with Crippen LogP contribution in [0.1, 0.15) is 17.5 Å². The molecule has 0 radical (unpaired) electrons. The Hall–Kier alpha value is -1.56. The van der Waals surface area contributed by atoms with Crippen LogP contribution in [0.3, 0.4) is 0 Å². The van der Waals surface area contributed by atoms with Crippen molar-refractivity contribution in [2.45, 2.75) is 19.5 Å². The number of hydrogen-bond acceptors (Lipinski definition) is 2. The van der Waals surface area contributed by atoms with Crippen LogP contribution >= 0.6 is 0 Å². The summed E-state index contributed by atoms with van der Waals surface area (Å²) >= 11 is 0. The van der Waals surface area contributed by atoms with Gasteiger partial charge in [-0.05, 0) is 24.6 Å². The lowest BCUT2D eigenvalue weighted by molar-refractivity contribution is -0.137. The maximum atomic E-state index is 12.5. The second-order valence-corrected chi connectivity index (χ2v) is 3.61. The summed E-state index contributed by atoms with van der Waals surface area (Å²) in [7, 11) is 0. The van der Waals surface area contributed by atoms with E-state index < -0.39 is 17.6 Å². The van der Waals surface area contributed by atoms with Crippen molar-refractivity contribution in [2.24, 2.45) is 5.73 Å². The summed E-state index contributed by atoms with van der Waals surface area (Å²) in [6.45, 7) is 1.78. The lowest BCUT2D eigenvalue weighted by Gasteiger charge is -2.12. The first kappa shape index (κ1) is 13.5. The number of anilines is 1. The largest absolute Gasteiger partial charge is 0.416 e. The SMILES string of the molecule is Cc1ccc(C(F)(F)F)cc1NC(=O)CCN. The van der Waals surface area contributed by atoms with Gasteiger partial charge in [-0.25, -0.2) is 0 Å². The van der Waals surface area contributed by atoms with E-state index >= 15 is 0 Å². The average Bonchev–Trinajstić information content (AvgIpc) is 2.20. The summed E-state index contributed by atoms with van der Waals surface area (Å²) < 4.78 is 37.4. The van der Waals surface area contributed by atoms with Crippen LogP contribution in [0.2, 0.25) is 0 Å². The van der Waals surface area contributed by atoms with Crippen molar-refractivity contribution < 1.29 is 18.0 Å². The van der Waals surface area contributed by atoms with Crippen LogP contribution in [0.5, 0.6) is 0 Å². The fourth-order valence-electron chi connectivity index (χ4n) is 1.28. The smallest absolute Gasteiger partial charge is 0.330 e. The molecule has 3 N–H and O–H groups in total. The zero-order valence-electron chi connectivity index (χ0n) is 9.27. The molecule has 0 saturated heterocycles. The number of amides is 1. The predicted molar refractivity (Wildman–Crippen MR) is 58.5 cm³/mol. The molecule has 1 aromatic carbocycles. The minimum Gasteiger partial charge on any atom is -0.330 e. The van der Waals surface area contributed by atoms with Gasteiger partial charge in [0.2, 0.25) is 5.91 Å². The summed E-state index contributed by atoms with van der Waals surface area (Å²) in [5.74, 6) is -0.394. The Kier molecular flexibility index (Phi) is 4.11. The molecule has 1 amide bonds. The van der Waals surface area contributed by atoms with E-state index in [9.17, 15) is 18.0 Å².